The molecule has 0 bridgehead atoms. The summed E-state index contributed by atoms with van der Waals surface area (Å²) in [5, 5.41) is 19.9. The van der Waals surface area contributed by atoms with E-state index in [1.54, 1.807) is 11.3 Å². The van der Waals surface area contributed by atoms with Crippen molar-refractivity contribution in [1.29, 1.82) is 0 Å². The minimum atomic E-state index is -0.611. The van der Waals surface area contributed by atoms with Crippen molar-refractivity contribution >= 4 is 17.2 Å². The molecule has 2 rings (SSSR count). The summed E-state index contributed by atoms with van der Waals surface area (Å²) in [6, 6.07) is 1.88. The number of hydrogen-bond donors (Lipinski definition) is 3. The van der Waals surface area contributed by atoms with E-state index in [1.807, 2.05) is 23.8 Å². The molecule has 0 saturated carbocycles. The first-order valence-corrected chi connectivity index (χ1v) is 7.25. The van der Waals surface area contributed by atoms with Gasteiger partial charge in [-0.05, 0) is 48.7 Å². The maximum absolute atomic E-state index is 12.1. The van der Waals surface area contributed by atoms with Crippen LogP contribution in [0.25, 0.3) is 0 Å². The summed E-state index contributed by atoms with van der Waals surface area (Å²) < 4.78 is 0. The predicted molar refractivity (Wildman–Crippen MR) is 72.5 cm³/mol. The summed E-state index contributed by atoms with van der Waals surface area (Å²) in [6.07, 6.45) is 1.32. The molecule has 1 aromatic rings. The Morgan fingerprint density at radius 1 is 1.72 bits per heavy atom. The van der Waals surface area contributed by atoms with Crippen LogP contribution in [0.1, 0.15) is 31.4 Å². The second-order valence-corrected chi connectivity index (χ2v) is 5.90. The van der Waals surface area contributed by atoms with Crippen LogP contribution >= 0.6 is 11.3 Å². The zero-order valence-corrected chi connectivity index (χ0v) is 11.4. The van der Waals surface area contributed by atoms with Gasteiger partial charge in [0, 0.05) is 13.1 Å². The standard InChI is InChI=1S/C13H20N2O2S/c1-13(4-2-5-14-9-13)12(17)15-7-11(16)10-3-6-18-8-10/h3,6,8,11,14,16H,2,4-5,7,9H2,1H3,(H,15,17). The Bertz CT molecular complexity index is 386. The second-order valence-electron chi connectivity index (χ2n) is 5.12. The molecule has 0 aromatic carbocycles. The van der Waals surface area contributed by atoms with Crippen LogP contribution in [0.3, 0.4) is 0 Å². The largest absolute Gasteiger partial charge is 0.387 e. The van der Waals surface area contributed by atoms with Crippen LogP contribution in [0.5, 0.6) is 0 Å². The molecule has 0 aliphatic carbocycles. The van der Waals surface area contributed by atoms with E-state index in [2.05, 4.69) is 10.6 Å². The van der Waals surface area contributed by atoms with Crippen molar-refractivity contribution in [3.63, 3.8) is 0 Å². The first-order valence-electron chi connectivity index (χ1n) is 6.31. The Hall–Kier alpha value is -0.910. The molecular weight excluding hydrogens is 248 g/mol. The van der Waals surface area contributed by atoms with Gasteiger partial charge in [-0.15, -0.1) is 0 Å². The third-order valence-corrected chi connectivity index (χ3v) is 4.23. The number of piperidine rings is 1. The number of carbonyl (C=O) groups excluding carboxylic acids is 1. The van der Waals surface area contributed by atoms with E-state index in [0.717, 1.165) is 24.9 Å². The minimum Gasteiger partial charge on any atom is -0.387 e. The summed E-state index contributed by atoms with van der Waals surface area (Å²) in [5.74, 6) is 0.0315. The fourth-order valence-corrected chi connectivity index (χ4v) is 2.94. The minimum absolute atomic E-state index is 0.0315. The third kappa shape index (κ3) is 3.10. The Morgan fingerprint density at radius 3 is 3.17 bits per heavy atom. The van der Waals surface area contributed by atoms with Crippen molar-refractivity contribution in [3.8, 4) is 0 Å². The fourth-order valence-electron chi connectivity index (χ4n) is 2.24. The van der Waals surface area contributed by atoms with Crippen LogP contribution in [-0.2, 0) is 4.79 Å². The number of rotatable bonds is 4. The number of thiophene rings is 1. The van der Waals surface area contributed by atoms with Crippen molar-refractivity contribution in [1.82, 2.24) is 10.6 Å². The monoisotopic (exact) mass is 268 g/mol. The first-order chi connectivity index (χ1) is 8.62. The lowest BCUT2D eigenvalue weighted by atomic mass is 9.82. The highest BCUT2D eigenvalue weighted by Gasteiger charge is 2.34. The zero-order chi connectivity index (χ0) is 13.0. The van der Waals surface area contributed by atoms with Crippen molar-refractivity contribution in [2.45, 2.75) is 25.9 Å². The van der Waals surface area contributed by atoms with Gasteiger partial charge < -0.3 is 15.7 Å². The quantitative estimate of drug-likeness (QED) is 0.771. The van der Waals surface area contributed by atoms with Gasteiger partial charge in [-0.25, -0.2) is 0 Å². The number of nitrogens with one attached hydrogen (secondary N) is 2. The van der Waals surface area contributed by atoms with Crippen molar-refractivity contribution in [3.05, 3.63) is 22.4 Å². The Balaban J connectivity index is 1.84. The smallest absolute Gasteiger partial charge is 0.227 e. The second kappa shape index (κ2) is 5.82. The molecule has 1 aliphatic heterocycles. The number of aliphatic hydroxyl groups excluding tert-OH is 1. The lowest BCUT2D eigenvalue weighted by molar-refractivity contribution is -0.131. The maximum atomic E-state index is 12.1. The van der Waals surface area contributed by atoms with Crippen molar-refractivity contribution in [2.24, 2.45) is 5.41 Å². The predicted octanol–water partition coefficient (Wildman–Crippen LogP) is 1.29. The van der Waals surface area contributed by atoms with E-state index in [0.29, 0.717) is 6.54 Å². The molecule has 5 heteroatoms. The summed E-state index contributed by atoms with van der Waals surface area (Å²) in [4.78, 5) is 12.1. The van der Waals surface area contributed by atoms with Gasteiger partial charge in [0.05, 0.1) is 11.5 Å². The summed E-state index contributed by atoms with van der Waals surface area (Å²) in [5.41, 5.74) is 0.527. The lowest BCUT2D eigenvalue weighted by Crippen LogP contribution is -2.49. The van der Waals surface area contributed by atoms with E-state index in [9.17, 15) is 9.90 Å². The summed E-state index contributed by atoms with van der Waals surface area (Å²) in [6.45, 7) is 3.96. The SMILES string of the molecule is CC1(C(=O)NCC(O)c2ccsc2)CCCNC1. The molecule has 3 N–H and O–H groups in total. The van der Waals surface area contributed by atoms with Crippen LogP contribution in [0.2, 0.25) is 0 Å². The molecule has 1 aromatic heterocycles. The van der Waals surface area contributed by atoms with E-state index in [-0.39, 0.29) is 17.9 Å². The van der Waals surface area contributed by atoms with Gasteiger partial charge in [0.15, 0.2) is 0 Å². The van der Waals surface area contributed by atoms with Gasteiger partial charge in [-0.1, -0.05) is 0 Å². The number of hydrogen-bond acceptors (Lipinski definition) is 4. The Kier molecular flexibility index (Phi) is 4.37. The Morgan fingerprint density at radius 2 is 2.56 bits per heavy atom. The molecule has 4 nitrogen and oxygen atoms in total. The molecule has 1 saturated heterocycles. The van der Waals surface area contributed by atoms with E-state index in [1.165, 1.54) is 0 Å². The van der Waals surface area contributed by atoms with Gasteiger partial charge in [0.1, 0.15) is 0 Å². The zero-order valence-electron chi connectivity index (χ0n) is 10.6. The maximum Gasteiger partial charge on any atom is 0.227 e. The van der Waals surface area contributed by atoms with Gasteiger partial charge in [0.2, 0.25) is 5.91 Å². The molecule has 0 radical (unpaired) electrons. The molecule has 1 fully saturated rings. The highest BCUT2D eigenvalue weighted by molar-refractivity contribution is 7.07. The molecular formula is C13H20N2O2S. The number of aliphatic hydroxyl groups is 1. The normalized spacial score (nSPS) is 25.7. The van der Waals surface area contributed by atoms with E-state index < -0.39 is 6.10 Å². The fraction of sp³-hybridized carbons (Fsp3) is 0.615. The van der Waals surface area contributed by atoms with Crippen LogP contribution in [0.4, 0.5) is 0 Å². The first kappa shape index (κ1) is 13.5. The molecule has 2 atom stereocenters. The molecule has 0 spiro atoms. The molecule has 2 heterocycles. The number of carbonyl (C=O) groups is 1. The van der Waals surface area contributed by atoms with Crippen LogP contribution in [0.15, 0.2) is 16.8 Å². The van der Waals surface area contributed by atoms with Gasteiger partial charge in [0.25, 0.3) is 0 Å². The highest BCUT2D eigenvalue weighted by atomic mass is 32.1. The molecule has 2 unspecified atom stereocenters. The van der Waals surface area contributed by atoms with Gasteiger partial charge >= 0.3 is 0 Å². The average Bonchev–Trinajstić information content (AvgIpc) is 2.90. The van der Waals surface area contributed by atoms with Crippen molar-refractivity contribution in [2.75, 3.05) is 19.6 Å². The molecule has 18 heavy (non-hydrogen) atoms. The van der Waals surface area contributed by atoms with Crippen LogP contribution < -0.4 is 10.6 Å². The van der Waals surface area contributed by atoms with Crippen molar-refractivity contribution < 1.29 is 9.90 Å². The summed E-state index contributed by atoms with van der Waals surface area (Å²) >= 11 is 1.55. The van der Waals surface area contributed by atoms with Gasteiger partial charge in [-0.2, -0.15) is 11.3 Å². The Labute approximate surface area is 111 Å². The van der Waals surface area contributed by atoms with Gasteiger partial charge in [-0.3, -0.25) is 4.79 Å². The highest BCUT2D eigenvalue weighted by Crippen LogP contribution is 2.25. The molecule has 1 amide bonds. The van der Waals surface area contributed by atoms with Crippen LogP contribution in [0, 0.1) is 5.41 Å². The van der Waals surface area contributed by atoms with E-state index >= 15 is 0 Å². The topological polar surface area (TPSA) is 61.4 Å². The average molecular weight is 268 g/mol. The summed E-state index contributed by atoms with van der Waals surface area (Å²) in [7, 11) is 0. The molecule has 100 valence electrons. The third-order valence-electron chi connectivity index (χ3n) is 3.53. The number of amides is 1. The lowest BCUT2D eigenvalue weighted by Gasteiger charge is -2.32. The van der Waals surface area contributed by atoms with Crippen LogP contribution in [-0.4, -0.2) is 30.6 Å². The molecule has 1 aliphatic rings. The van der Waals surface area contributed by atoms with E-state index in [4.69, 9.17) is 0 Å².